The molecule has 2 aromatic heterocycles. The van der Waals surface area contributed by atoms with Gasteiger partial charge in [-0.25, -0.2) is 4.98 Å². The molecule has 2 saturated heterocycles. The third kappa shape index (κ3) is 5.84. The molecule has 10 nitrogen and oxygen atoms in total. The van der Waals surface area contributed by atoms with Crippen LogP contribution in [0.3, 0.4) is 0 Å². The number of carbonyl (C=O) groups is 3. The van der Waals surface area contributed by atoms with Gasteiger partial charge >= 0.3 is 0 Å². The molecule has 5 rings (SSSR count). The number of carbonyl (C=O) groups excluding carboxylic acids is 3. The molecule has 2 aliphatic heterocycles. The third-order valence-electron chi connectivity index (χ3n) is 7.97. The van der Waals surface area contributed by atoms with E-state index in [0.29, 0.717) is 37.8 Å². The number of rotatable bonds is 6. The van der Waals surface area contributed by atoms with Gasteiger partial charge in [0.2, 0.25) is 17.7 Å². The number of fused-ring (bicyclic) bond motifs is 1. The molecule has 0 atom stereocenters. The van der Waals surface area contributed by atoms with E-state index >= 15 is 0 Å². The van der Waals surface area contributed by atoms with Crippen molar-refractivity contribution in [2.24, 2.45) is 0 Å². The number of likely N-dealkylation sites (tertiary alicyclic amines) is 2. The van der Waals surface area contributed by atoms with Crippen LogP contribution < -0.4 is 10.1 Å². The molecule has 0 spiro atoms. The number of nitrogens with one attached hydrogen (secondary N) is 1. The average molecular weight is 523 g/mol. The van der Waals surface area contributed by atoms with Crippen LogP contribution in [0.2, 0.25) is 0 Å². The number of piperidine rings is 2. The summed E-state index contributed by atoms with van der Waals surface area (Å²) in [7, 11) is 0. The molecule has 38 heavy (non-hydrogen) atoms. The summed E-state index contributed by atoms with van der Waals surface area (Å²) in [5, 5.41) is 7.68. The topological polar surface area (TPSA) is 110 Å². The van der Waals surface area contributed by atoms with Crippen molar-refractivity contribution in [1.82, 2.24) is 29.9 Å². The fourth-order valence-electron chi connectivity index (χ4n) is 5.84. The minimum absolute atomic E-state index is 0.0310. The molecular weight excluding hydrogens is 484 g/mol. The number of hydrogen-bond acceptors (Lipinski definition) is 6. The Kier molecular flexibility index (Phi) is 7.95. The van der Waals surface area contributed by atoms with Crippen molar-refractivity contribution in [2.45, 2.75) is 83.9 Å². The maximum Gasteiger partial charge on any atom is 0.274 e. The van der Waals surface area contributed by atoms with Gasteiger partial charge in [-0.1, -0.05) is 6.07 Å². The Hall–Kier alpha value is -3.43. The zero-order valence-electron chi connectivity index (χ0n) is 22.4. The number of pyridine rings is 1. The molecule has 2 aromatic rings. The predicted molar refractivity (Wildman–Crippen MR) is 141 cm³/mol. The molecule has 0 bridgehead atoms. The standard InChI is InChI=1S/C28H38N6O4/c1-19-6-5-13-29-27(19)38-22-11-16-32(17-12-22)25(36)18-34-24-8-4-3-7-23(24)26(31-34)28(37)33-14-9-21(10-15-33)30-20(2)35/h5-6,13,21-22H,3-4,7-12,14-18H2,1-2H3,(H,30,35). The van der Waals surface area contributed by atoms with Gasteiger partial charge in [0.05, 0.1) is 0 Å². The summed E-state index contributed by atoms with van der Waals surface area (Å²) >= 11 is 0. The molecule has 0 unspecified atom stereocenters. The monoisotopic (exact) mass is 522 g/mol. The van der Waals surface area contributed by atoms with E-state index in [-0.39, 0.29) is 36.4 Å². The largest absolute Gasteiger partial charge is 0.474 e. The Labute approximate surface area is 223 Å². The fourth-order valence-corrected chi connectivity index (χ4v) is 5.84. The fraction of sp³-hybridized carbons (Fsp3) is 0.607. The highest BCUT2D eigenvalue weighted by Gasteiger charge is 2.32. The summed E-state index contributed by atoms with van der Waals surface area (Å²) in [4.78, 5) is 46.1. The maximum absolute atomic E-state index is 13.5. The normalized spacial score (nSPS) is 18.7. The summed E-state index contributed by atoms with van der Waals surface area (Å²) in [5.74, 6) is 0.603. The molecule has 3 amide bonds. The molecule has 1 N–H and O–H groups in total. The minimum Gasteiger partial charge on any atom is -0.474 e. The van der Waals surface area contributed by atoms with Gasteiger partial charge in [0.1, 0.15) is 12.6 Å². The van der Waals surface area contributed by atoms with Crippen molar-refractivity contribution in [3.05, 3.63) is 40.8 Å². The highest BCUT2D eigenvalue weighted by atomic mass is 16.5. The van der Waals surface area contributed by atoms with E-state index in [2.05, 4.69) is 10.3 Å². The lowest BCUT2D eigenvalue weighted by Gasteiger charge is -2.32. The molecule has 10 heteroatoms. The Morgan fingerprint density at radius 3 is 2.45 bits per heavy atom. The minimum atomic E-state index is -0.0570. The molecular formula is C28H38N6O4. The molecule has 4 heterocycles. The smallest absolute Gasteiger partial charge is 0.274 e. The van der Waals surface area contributed by atoms with E-state index in [1.807, 2.05) is 28.9 Å². The Bertz CT molecular complexity index is 1180. The quantitative estimate of drug-likeness (QED) is 0.623. The van der Waals surface area contributed by atoms with Crippen LogP contribution in [0.4, 0.5) is 0 Å². The van der Waals surface area contributed by atoms with Crippen molar-refractivity contribution in [2.75, 3.05) is 26.2 Å². The Balaban J connectivity index is 1.20. The average Bonchev–Trinajstić information content (AvgIpc) is 3.28. The van der Waals surface area contributed by atoms with Gasteiger partial charge < -0.3 is 19.9 Å². The second kappa shape index (κ2) is 11.5. The van der Waals surface area contributed by atoms with Crippen molar-refractivity contribution in [1.29, 1.82) is 0 Å². The molecule has 0 aromatic carbocycles. The second-order valence-electron chi connectivity index (χ2n) is 10.7. The summed E-state index contributed by atoms with van der Waals surface area (Å²) in [6.45, 7) is 6.13. The lowest BCUT2D eigenvalue weighted by atomic mass is 9.95. The van der Waals surface area contributed by atoms with Gasteiger partial charge in [0.15, 0.2) is 5.69 Å². The molecule has 0 radical (unpaired) electrons. The second-order valence-corrected chi connectivity index (χ2v) is 10.7. The van der Waals surface area contributed by atoms with Gasteiger partial charge in [-0.2, -0.15) is 5.10 Å². The van der Waals surface area contributed by atoms with E-state index in [4.69, 9.17) is 9.84 Å². The van der Waals surface area contributed by atoms with Crippen LogP contribution in [-0.2, 0) is 29.0 Å². The van der Waals surface area contributed by atoms with Crippen molar-refractivity contribution in [3.8, 4) is 5.88 Å². The number of aromatic nitrogens is 3. The van der Waals surface area contributed by atoms with Crippen LogP contribution in [0.1, 0.15) is 72.8 Å². The first kappa shape index (κ1) is 26.2. The van der Waals surface area contributed by atoms with Crippen LogP contribution in [0, 0.1) is 6.92 Å². The van der Waals surface area contributed by atoms with Gasteiger partial charge in [0.25, 0.3) is 5.91 Å². The zero-order chi connectivity index (χ0) is 26.6. The first-order valence-electron chi connectivity index (χ1n) is 13.9. The number of amides is 3. The number of aryl methyl sites for hydroxylation is 1. The molecule has 2 fully saturated rings. The van der Waals surface area contributed by atoms with Crippen LogP contribution in [-0.4, -0.2) is 80.6 Å². The molecule has 0 saturated carbocycles. The van der Waals surface area contributed by atoms with Crippen LogP contribution in [0.15, 0.2) is 18.3 Å². The molecule has 204 valence electrons. The predicted octanol–water partition coefficient (Wildman–Crippen LogP) is 2.28. The van der Waals surface area contributed by atoms with E-state index in [0.717, 1.165) is 68.2 Å². The number of nitrogens with zero attached hydrogens (tertiary/aromatic N) is 5. The first-order valence-corrected chi connectivity index (χ1v) is 13.9. The van der Waals surface area contributed by atoms with Gasteiger partial charge in [-0.15, -0.1) is 0 Å². The zero-order valence-corrected chi connectivity index (χ0v) is 22.4. The summed E-state index contributed by atoms with van der Waals surface area (Å²) < 4.78 is 7.88. The van der Waals surface area contributed by atoms with Gasteiger partial charge in [0, 0.05) is 75.0 Å². The van der Waals surface area contributed by atoms with Crippen molar-refractivity contribution in [3.63, 3.8) is 0 Å². The lowest BCUT2D eigenvalue weighted by Crippen LogP contribution is -2.46. The number of ether oxygens (including phenoxy) is 1. The molecule has 1 aliphatic carbocycles. The first-order chi connectivity index (χ1) is 18.4. The summed E-state index contributed by atoms with van der Waals surface area (Å²) in [6.07, 6.45) is 8.52. The third-order valence-corrected chi connectivity index (χ3v) is 7.97. The lowest BCUT2D eigenvalue weighted by molar-refractivity contribution is -0.134. The highest BCUT2D eigenvalue weighted by molar-refractivity contribution is 5.94. The van der Waals surface area contributed by atoms with E-state index < -0.39 is 0 Å². The van der Waals surface area contributed by atoms with E-state index in [9.17, 15) is 14.4 Å². The highest BCUT2D eigenvalue weighted by Crippen LogP contribution is 2.27. The van der Waals surface area contributed by atoms with Crippen LogP contribution in [0.5, 0.6) is 5.88 Å². The Morgan fingerprint density at radius 2 is 1.74 bits per heavy atom. The van der Waals surface area contributed by atoms with Gasteiger partial charge in [-0.3, -0.25) is 19.1 Å². The molecule has 3 aliphatic rings. The van der Waals surface area contributed by atoms with Crippen LogP contribution in [0.25, 0.3) is 0 Å². The van der Waals surface area contributed by atoms with Crippen molar-refractivity contribution < 1.29 is 19.1 Å². The SMILES string of the molecule is CC(=O)NC1CCN(C(=O)c2nn(CC(=O)N3CCC(Oc4ncccc4C)CC3)c3c2CCCC3)CC1. The number of hydrogen-bond donors (Lipinski definition) is 1. The van der Waals surface area contributed by atoms with Gasteiger partial charge in [-0.05, 0) is 51.5 Å². The summed E-state index contributed by atoms with van der Waals surface area (Å²) in [6, 6.07) is 3.99. The van der Waals surface area contributed by atoms with Crippen molar-refractivity contribution >= 4 is 17.7 Å². The summed E-state index contributed by atoms with van der Waals surface area (Å²) in [5.41, 5.74) is 3.56. The van der Waals surface area contributed by atoms with E-state index in [1.54, 1.807) is 10.9 Å². The van der Waals surface area contributed by atoms with E-state index in [1.165, 1.54) is 6.92 Å². The van der Waals surface area contributed by atoms with Crippen LogP contribution >= 0.6 is 0 Å². The Morgan fingerprint density at radius 1 is 1.03 bits per heavy atom. The maximum atomic E-state index is 13.5.